The van der Waals surface area contributed by atoms with Gasteiger partial charge in [0.1, 0.15) is 6.54 Å². The van der Waals surface area contributed by atoms with E-state index in [0.29, 0.717) is 12.0 Å². The Morgan fingerprint density at radius 1 is 1.35 bits per heavy atom. The van der Waals surface area contributed by atoms with Crippen LogP contribution in [-0.4, -0.2) is 27.0 Å². The number of rotatable bonds is 4. The van der Waals surface area contributed by atoms with Gasteiger partial charge in [0.2, 0.25) is 10.0 Å². The van der Waals surface area contributed by atoms with Crippen molar-refractivity contribution in [2.24, 2.45) is 5.14 Å². The third-order valence-corrected chi connectivity index (χ3v) is 3.46. The zero-order chi connectivity index (χ0) is 15.6. The lowest BCUT2D eigenvalue weighted by Crippen LogP contribution is -2.33. The van der Waals surface area contributed by atoms with Crippen molar-refractivity contribution < 1.29 is 26.4 Å². The second-order valence-electron chi connectivity index (χ2n) is 4.02. The number of nitrogens with one attached hydrogen (secondary N) is 1. The fraction of sp³-hybridized carbons (Fsp3) is 0.364. The summed E-state index contributed by atoms with van der Waals surface area (Å²) in [5.41, 5.74) is 0.190. The highest BCUT2D eigenvalue weighted by molar-refractivity contribution is 7.89. The molecule has 0 aliphatic heterocycles. The lowest BCUT2D eigenvalue weighted by Gasteiger charge is -2.10. The number of nitrogens with two attached hydrogens (primary N) is 1. The lowest BCUT2D eigenvalue weighted by atomic mass is 10.1. The van der Waals surface area contributed by atoms with Crippen molar-refractivity contribution in [3.63, 3.8) is 0 Å². The standard InChI is InChI=1S/C11H13F3N2O3S/c1-2-7-3-4-8(5-9(7)20(15,18)19)10(17)16-6-11(12,13)14/h3-5H,2,6H2,1H3,(H,16,17)(H2,15,18,19). The molecule has 0 heterocycles. The Morgan fingerprint density at radius 2 is 1.95 bits per heavy atom. The van der Waals surface area contributed by atoms with Gasteiger partial charge in [0.05, 0.1) is 4.90 Å². The molecule has 0 aliphatic rings. The molecule has 0 atom stereocenters. The van der Waals surface area contributed by atoms with Gasteiger partial charge in [-0.1, -0.05) is 13.0 Å². The third-order valence-electron chi connectivity index (χ3n) is 2.47. The maximum Gasteiger partial charge on any atom is 0.405 e. The Balaban J connectivity index is 3.07. The minimum atomic E-state index is -4.54. The summed E-state index contributed by atoms with van der Waals surface area (Å²) in [5.74, 6) is -1.02. The first-order chi connectivity index (χ1) is 9.04. The third kappa shape index (κ3) is 4.49. The van der Waals surface area contributed by atoms with Crippen LogP contribution in [0.15, 0.2) is 23.1 Å². The highest BCUT2D eigenvalue weighted by Gasteiger charge is 2.28. The van der Waals surface area contributed by atoms with Gasteiger partial charge in [-0.3, -0.25) is 4.79 Å². The number of primary sulfonamides is 1. The Labute approximate surface area is 114 Å². The van der Waals surface area contributed by atoms with E-state index in [1.165, 1.54) is 12.1 Å². The number of halogens is 3. The van der Waals surface area contributed by atoms with Crippen LogP contribution in [-0.2, 0) is 16.4 Å². The Kier molecular flexibility index (Phi) is 4.77. The normalized spacial score (nSPS) is 12.2. The van der Waals surface area contributed by atoms with Crippen LogP contribution < -0.4 is 10.5 Å². The smallest absolute Gasteiger partial charge is 0.343 e. The number of carbonyl (C=O) groups excluding carboxylic acids is 1. The largest absolute Gasteiger partial charge is 0.405 e. The molecule has 0 spiro atoms. The fourth-order valence-electron chi connectivity index (χ4n) is 1.54. The van der Waals surface area contributed by atoms with Gasteiger partial charge < -0.3 is 5.32 Å². The van der Waals surface area contributed by atoms with Crippen molar-refractivity contribution >= 4 is 15.9 Å². The van der Waals surface area contributed by atoms with E-state index in [0.717, 1.165) is 6.07 Å². The molecule has 1 aromatic rings. The molecule has 0 saturated heterocycles. The summed E-state index contributed by atoms with van der Waals surface area (Å²) in [7, 11) is -4.05. The summed E-state index contributed by atoms with van der Waals surface area (Å²) in [4.78, 5) is 11.3. The monoisotopic (exact) mass is 310 g/mol. The van der Waals surface area contributed by atoms with Gasteiger partial charge >= 0.3 is 6.18 Å². The summed E-state index contributed by atoms with van der Waals surface area (Å²) in [6, 6.07) is 3.57. The molecule has 0 fully saturated rings. The van der Waals surface area contributed by atoms with E-state index in [1.54, 1.807) is 12.2 Å². The number of alkyl halides is 3. The van der Waals surface area contributed by atoms with Crippen LogP contribution >= 0.6 is 0 Å². The molecule has 0 aliphatic carbocycles. The maximum absolute atomic E-state index is 12.0. The molecule has 0 radical (unpaired) electrons. The Bertz CT molecular complexity index is 612. The fourth-order valence-corrected chi connectivity index (χ4v) is 2.40. The molecule has 0 bridgehead atoms. The van der Waals surface area contributed by atoms with Gasteiger partial charge in [0.25, 0.3) is 5.91 Å². The Morgan fingerprint density at radius 3 is 2.40 bits per heavy atom. The Hall–Kier alpha value is -1.61. The summed E-state index contributed by atoms with van der Waals surface area (Å²) in [5, 5.41) is 6.66. The number of sulfonamides is 1. The molecule has 3 N–H and O–H groups in total. The number of aryl methyl sites for hydroxylation is 1. The van der Waals surface area contributed by atoms with Crippen molar-refractivity contribution in [2.75, 3.05) is 6.54 Å². The highest BCUT2D eigenvalue weighted by atomic mass is 32.2. The zero-order valence-electron chi connectivity index (χ0n) is 10.5. The number of hydrogen-bond donors (Lipinski definition) is 2. The number of benzene rings is 1. The average Bonchev–Trinajstić information content (AvgIpc) is 2.33. The van der Waals surface area contributed by atoms with Crippen LogP contribution in [0.1, 0.15) is 22.8 Å². The van der Waals surface area contributed by atoms with Crippen molar-refractivity contribution in [3.8, 4) is 0 Å². The van der Waals surface area contributed by atoms with E-state index < -0.39 is 28.7 Å². The summed E-state index contributed by atoms with van der Waals surface area (Å²) < 4.78 is 58.7. The van der Waals surface area contributed by atoms with E-state index in [9.17, 15) is 26.4 Å². The lowest BCUT2D eigenvalue weighted by molar-refractivity contribution is -0.123. The molecular weight excluding hydrogens is 297 g/mol. The second-order valence-corrected chi connectivity index (χ2v) is 5.55. The quantitative estimate of drug-likeness (QED) is 0.875. The SMILES string of the molecule is CCc1ccc(C(=O)NCC(F)(F)F)cc1S(N)(=O)=O. The van der Waals surface area contributed by atoms with E-state index in [-0.39, 0.29) is 10.5 Å². The van der Waals surface area contributed by atoms with Crippen molar-refractivity contribution in [1.29, 1.82) is 0 Å². The average molecular weight is 310 g/mol. The molecule has 112 valence electrons. The van der Waals surface area contributed by atoms with Crippen LogP contribution in [0.3, 0.4) is 0 Å². The van der Waals surface area contributed by atoms with E-state index in [1.807, 2.05) is 0 Å². The van der Waals surface area contributed by atoms with E-state index in [4.69, 9.17) is 5.14 Å². The molecular formula is C11H13F3N2O3S. The zero-order valence-corrected chi connectivity index (χ0v) is 11.3. The first kappa shape index (κ1) is 16.4. The predicted octanol–water partition coefficient (Wildman–Crippen LogP) is 1.19. The van der Waals surface area contributed by atoms with Gasteiger partial charge in [0, 0.05) is 5.56 Å². The maximum atomic E-state index is 12.0. The first-order valence-corrected chi connectivity index (χ1v) is 7.10. The predicted molar refractivity (Wildman–Crippen MR) is 65.6 cm³/mol. The van der Waals surface area contributed by atoms with Gasteiger partial charge in [-0.2, -0.15) is 13.2 Å². The van der Waals surface area contributed by atoms with Gasteiger partial charge in [-0.05, 0) is 24.1 Å². The number of amides is 1. The number of hydrogen-bond acceptors (Lipinski definition) is 3. The van der Waals surface area contributed by atoms with Crippen molar-refractivity contribution in [3.05, 3.63) is 29.3 Å². The van der Waals surface area contributed by atoms with Crippen LogP contribution in [0.5, 0.6) is 0 Å². The van der Waals surface area contributed by atoms with Crippen LogP contribution in [0.4, 0.5) is 13.2 Å². The van der Waals surface area contributed by atoms with Crippen molar-refractivity contribution in [1.82, 2.24) is 5.32 Å². The first-order valence-electron chi connectivity index (χ1n) is 5.55. The highest BCUT2D eigenvalue weighted by Crippen LogP contribution is 2.18. The molecule has 0 saturated carbocycles. The minimum Gasteiger partial charge on any atom is -0.343 e. The number of carbonyl (C=O) groups is 1. The molecule has 20 heavy (non-hydrogen) atoms. The summed E-state index contributed by atoms with van der Waals surface area (Å²) in [6.45, 7) is 0.194. The molecule has 0 unspecified atom stereocenters. The molecule has 9 heteroatoms. The van der Waals surface area contributed by atoms with E-state index in [2.05, 4.69) is 0 Å². The molecule has 1 rings (SSSR count). The van der Waals surface area contributed by atoms with Gasteiger partial charge in [-0.25, -0.2) is 13.6 Å². The molecule has 1 aromatic carbocycles. The molecule has 1 amide bonds. The van der Waals surface area contributed by atoms with Crippen LogP contribution in [0.25, 0.3) is 0 Å². The summed E-state index contributed by atoms with van der Waals surface area (Å²) >= 11 is 0. The second kappa shape index (κ2) is 5.80. The van der Waals surface area contributed by atoms with Gasteiger partial charge in [0.15, 0.2) is 0 Å². The van der Waals surface area contributed by atoms with Crippen LogP contribution in [0.2, 0.25) is 0 Å². The molecule has 5 nitrogen and oxygen atoms in total. The topological polar surface area (TPSA) is 89.3 Å². The molecule has 0 aromatic heterocycles. The summed E-state index contributed by atoms with van der Waals surface area (Å²) in [6.07, 6.45) is -4.18. The van der Waals surface area contributed by atoms with Crippen molar-refractivity contribution in [2.45, 2.75) is 24.4 Å². The van der Waals surface area contributed by atoms with E-state index >= 15 is 0 Å². The minimum absolute atomic E-state index is 0.199. The van der Waals surface area contributed by atoms with Crippen LogP contribution in [0, 0.1) is 0 Å². The van der Waals surface area contributed by atoms with Gasteiger partial charge in [-0.15, -0.1) is 0 Å².